The van der Waals surface area contributed by atoms with E-state index in [1.165, 1.54) is 0 Å². The fourth-order valence-corrected chi connectivity index (χ4v) is 5.14. The molecule has 3 rings (SSSR count). The molecule has 25 nitrogen and oxygen atoms in total. The van der Waals surface area contributed by atoms with Crippen molar-refractivity contribution in [3.63, 3.8) is 0 Å². The van der Waals surface area contributed by atoms with Crippen LogP contribution in [0.5, 0.6) is 0 Å². The van der Waals surface area contributed by atoms with Crippen molar-refractivity contribution in [1.29, 1.82) is 0 Å². The van der Waals surface area contributed by atoms with Crippen molar-refractivity contribution < 1.29 is 143 Å². The molecule has 0 saturated carbocycles. The Labute approximate surface area is 292 Å². The predicted molar refractivity (Wildman–Crippen MR) is 147 cm³/mol. The average molecular weight is 792 g/mol. The molecule has 21 N–H and O–H groups in total. The number of carboxylic acids is 1. The number of rotatable bonds is 14. The molecule has 0 spiro atoms. The molecule has 0 aromatic heterocycles. The van der Waals surface area contributed by atoms with E-state index in [1.807, 2.05) is 0 Å². The normalized spacial score (nSPS) is 41.1. The monoisotopic (exact) mass is 792 g/mol. The van der Waals surface area contributed by atoms with Crippen LogP contribution < -0.4 is 0 Å². The summed E-state index contributed by atoms with van der Waals surface area (Å²) in [5.41, 5.74) is 0. The number of hydrogen-bond acceptors (Lipinski definition) is 21. The summed E-state index contributed by atoms with van der Waals surface area (Å²) in [6.07, 6.45) is -36.9. The molecule has 26 heteroatoms. The second-order valence-electron chi connectivity index (χ2n) is 10.9. The van der Waals surface area contributed by atoms with E-state index in [2.05, 4.69) is 0 Å². The molecule has 3 fully saturated rings. The van der Waals surface area contributed by atoms with Crippen LogP contribution in [0, 0.1) is 0 Å². The van der Waals surface area contributed by atoms with Gasteiger partial charge in [0.2, 0.25) is 0 Å². The van der Waals surface area contributed by atoms with Crippen LogP contribution in [0.1, 0.15) is 0 Å². The van der Waals surface area contributed by atoms with Crippen molar-refractivity contribution in [3.8, 4) is 0 Å². The fraction of sp³-hybridized carbons (Fsp3) is 0.958. The van der Waals surface area contributed by atoms with Crippen LogP contribution in [0.15, 0.2) is 0 Å². The van der Waals surface area contributed by atoms with Gasteiger partial charge in [-0.2, -0.15) is 0 Å². The summed E-state index contributed by atoms with van der Waals surface area (Å²) in [7, 11) is 0. The Morgan fingerprint density at radius 2 is 0.960 bits per heavy atom. The van der Waals surface area contributed by atoms with Crippen LogP contribution in [0.2, 0.25) is 0 Å². The van der Waals surface area contributed by atoms with Crippen LogP contribution in [0.25, 0.3) is 0 Å². The van der Waals surface area contributed by atoms with Crippen LogP contribution >= 0.6 is 0 Å². The Hall–Kier alpha value is -0.931. The molecular formula is C24H48FeO25+3. The largest absolute Gasteiger partial charge is 3.00 e. The molecule has 0 bridgehead atoms. The molecule has 3 heterocycles. The summed E-state index contributed by atoms with van der Waals surface area (Å²) < 4.78 is 32.2. The second-order valence-corrected chi connectivity index (χ2v) is 10.9. The third-order valence-electron chi connectivity index (χ3n) is 7.84. The second kappa shape index (κ2) is 22.3. The van der Waals surface area contributed by atoms with Crippen molar-refractivity contribution in [3.05, 3.63) is 0 Å². The molecule has 0 aromatic carbocycles. The Bertz CT molecular complexity index is 950. The summed E-state index contributed by atoms with van der Waals surface area (Å²) in [5, 5.41) is 150. The van der Waals surface area contributed by atoms with Crippen molar-refractivity contribution in [2.45, 2.75) is 117 Å². The molecule has 3 saturated heterocycles. The standard InChI is InChI=1S/C24H42O22.Fe.3H2O/c25-1-5(29)18(11(32)14(35)21(39)40)44-23-16(37)12(33)20(7(3-27)42-23)46-24-17(38)13(34)19(8(4-28)43-24)45-22-15(36)10(31)9(30)6(2-26)41-22;;;;/h5-20,22-38H,1-4H2,(H,39,40);;3*1H2/q;+3;;;. The number of carbonyl (C=O) groups is 1. The van der Waals surface area contributed by atoms with Crippen molar-refractivity contribution in [2.24, 2.45) is 0 Å². The average Bonchev–Trinajstić information content (AvgIpc) is 3.04. The van der Waals surface area contributed by atoms with Crippen LogP contribution in [-0.4, -0.2) is 242 Å². The van der Waals surface area contributed by atoms with Crippen LogP contribution in [-0.2, 0) is 50.3 Å². The third kappa shape index (κ3) is 11.1. The van der Waals surface area contributed by atoms with Gasteiger partial charge in [-0.25, -0.2) is 4.79 Å². The molecule has 19 atom stereocenters. The molecule has 1 radical (unpaired) electrons. The summed E-state index contributed by atoms with van der Waals surface area (Å²) in [5.74, 6) is -1.94. The maximum Gasteiger partial charge on any atom is 3.00 e. The molecule has 299 valence electrons. The van der Waals surface area contributed by atoms with Gasteiger partial charge in [-0.3, -0.25) is 0 Å². The zero-order chi connectivity index (χ0) is 34.6. The van der Waals surface area contributed by atoms with E-state index >= 15 is 0 Å². The first-order valence-corrected chi connectivity index (χ1v) is 14.0. The topological polar surface area (TPSA) is 470 Å². The van der Waals surface area contributed by atoms with Gasteiger partial charge in [0, 0.05) is 0 Å². The van der Waals surface area contributed by atoms with Gasteiger partial charge in [0.25, 0.3) is 0 Å². The summed E-state index contributed by atoms with van der Waals surface area (Å²) in [6, 6.07) is 0. The summed E-state index contributed by atoms with van der Waals surface area (Å²) in [4.78, 5) is 11.1. The Balaban J connectivity index is 0. The van der Waals surface area contributed by atoms with Crippen molar-refractivity contribution in [1.82, 2.24) is 0 Å². The molecule has 0 aromatic rings. The van der Waals surface area contributed by atoms with Crippen molar-refractivity contribution >= 4 is 5.97 Å². The third-order valence-corrected chi connectivity index (χ3v) is 7.84. The van der Waals surface area contributed by atoms with Gasteiger partial charge in [0.05, 0.1) is 26.4 Å². The number of aliphatic hydroxyl groups excluding tert-OH is 14. The summed E-state index contributed by atoms with van der Waals surface area (Å²) in [6.45, 7) is -3.86. The zero-order valence-corrected chi connectivity index (χ0v) is 26.8. The minimum atomic E-state index is -2.54. The molecule has 3 aliphatic heterocycles. The Kier molecular flexibility index (Phi) is 22.8. The van der Waals surface area contributed by atoms with Gasteiger partial charge in [0.1, 0.15) is 91.6 Å². The van der Waals surface area contributed by atoms with E-state index < -0.39 is 149 Å². The minimum Gasteiger partial charge on any atom is -0.479 e. The number of aliphatic carboxylic acids is 1. The summed E-state index contributed by atoms with van der Waals surface area (Å²) >= 11 is 0. The molecule has 0 amide bonds. The predicted octanol–water partition coefficient (Wildman–Crippen LogP) is -12.5. The van der Waals surface area contributed by atoms with Gasteiger partial charge >= 0.3 is 23.0 Å². The number of carboxylic acid groups (broad SMARTS) is 1. The fourth-order valence-electron chi connectivity index (χ4n) is 5.14. The van der Waals surface area contributed by atoms with Crippen molar-refractivity contribution in [2.75, 3.05) is 26.4 Å². The van der Waals surface area contributed by atoms with Gasteiger partial charge < -0.3 is 121 Å². The smallest absolute Gasteiger partial charge is 0.479 e. The van der Waals surface area contributed by atoms with E-state index in [-0.39, 0.29) is 33.5 Å². The van der Waals surface area contributed by atoms with E-state index in [0.717, 1.165) is 0 Å². The first kappa shape index (κ1) is 51.2. The molecule has 0 aliphatic carbocycles. The van der Waals surface area contributed by atoms with E-state index in [4.69, 9.17) is 33.5 Å². The van der Waals surface area contributed by atoms with Gasteiger partial charge in [-0.15, -0.1) is 0 Å². The van der Waals surface area contributed by atoms with Gasteiger partial charge in [-0.1, -0.05) is 0 Å². The Morgan fingerprint density at radius 1 is 0.580 bits per heavy atom. The zero-order valence-electron chi connectivity index (χ0n) is 25.7. The number of ether oxygens (including phenoxy) is 6. The molecule has 19 unspecified atom stereocenters. The van der Waals surface area contributed by atoms with E-state index in [1.54, 1.807) is 0 Å². The quantitative estimate of drug-likeness (QED) is 0.0726. The first-order valence-electron chi connectivity index (χ1n) is 14.0. The van der Waals surface area contributed by atoms with Gasteiger partial charge in [0.15, 0.2) is 25.0 Å². The SMILES string of the molecule is O.O.O.O=C(O)C(O)C(O)C(OC1OC(CO)C(OC2OC(CO)C(OC3OC(CO)C(O)C(O)C3O)C(O)C2O)C(O)C1O)C(O)CO.[Fe+3]. The maximum atomic E-state index is 11.1. The molecule has 3 aliphatic rings. The Morgan fingerprint density at radius 3 is 1.36 bits per heavy atom. The maximum absolute atomic E-state index is 11.1. The van der Waals surface area contributed by atoms with Crippen LogP contribution in [0.4, 0.5) is 0 Å². The first-order chi connectivity index (χ1) is 21.6. The van der Waals surface area contributed by atoms with Gasteiger partial charge in [-0.05, 0) is 0 Å². The number of aliphatic hydroxyl groups is 14. The molecule has 50 heavy (non-hydrogen) atoms. The minimum absolute atomic E-state index is 0. The molecular weight excluding hydrogens is 744 g/mol. The van der Waals surface area contributed by atoms with E-state index in [0.29, 0.717) is 0 Å². The van der Waals surface area contributed by atoms with Crippen LogP contribution in [0.3, 0.4) is 0 Å². The van der Waals surface area contributed by atoms with E-state index in [9.17, 15) is 76.3 Å². The number of hydrogen-bond donors (Lipinski definition) is 15.